The third kappa shape index (κ3) is 12.3. The van der Waals surface area contributed by atoms with Gasteiger partial charge in [-0.3, -0.25) is 13.2 Å². The number of halogens is 6. The number of nitrogens with two attached hydrogens (primary N) is 3. The summed E-state index contributed by atoms with van der Waals surface area (Å²) in [6.07, 6.45) is 12.3. The number of rotatable bonds is 13. The first-order chi connectivity index (χ1) is 43.5. The molecule has 0 amide bonds. The average molecular weight is 1480 g/mol. The van der Waals surface area contributed by atoms with Crippen molar-refractivity contribution in [2.24, 2.45) is 0 Å². The SMILES string of the molecule is COc1c(C(C)c2nc(Br)c3c(N)nccn23)cc(Cl)c(C)c1-c1c(C)noc1C.COc1c(C(C)c2nc(Br)c3c(N)nccn23)cc(Cl)c(C)c1-c1ccc(C)cc1.COc1ccc(-c2c(C)c(Cl)cc(C(C)c3nc(Br)c4c(N)nccn34)c2OC)cn1. The van der Waals surface area contributed by atoms with Gasteiger partial charge in [0.15, 0.2) is 17.5 Å². The van der Waals surface area contributed by atoms with E-state index in [1.165, 1.54) is 5.56 Å². The maximum absolute atomic E-state index is 6.69. The lowest BCUT2D eigenvalue weighted by Crippen LogP contribution is -2.07. The first kappa shape index (κ1) is 65.9. The Bertz CT molecular complexity index is 4730. The molecule has 25 heteroatoms. The lowest BCUT2D eigenvalue weighted by atomic mass is 9.90. The quantitative estimate of drug-likeness (QED) is 0.0971. The van der Waals surface area contributed by atoms with E-state index in [0.29, 0.717) is 63.7 Å². The van der Waals surface area contributed by atoms with Crippen molar-refractivity contribution in [1.29, 1.82) is 0 Å². The highest BCUT2D eigenvalue weighted by molar-refractivity contribution is 9.11. The van der Waals surface area contributed by atoms with Crippen LogP contribution in [0.1, 0.15) is 106 Å². The molecular formula is C66H64Br3Cl3N14O5. The van der Waals surface area contributed by atoms with E-state index in [2.05, 4.69) is 125 Å². The number of aromatic nitrogens is 11. The number of ether oxygens (including phenoxy) is 4. The lowest BCUT2D eigenvalue weighted by molar-refractivity contribution is 0.393. The largest absolute Gasteiger partial charge is 0.496 e. The Morgan fingerprint density at radius 2 is 0.835 bits per heavy atom. The third-order valence-corrected chi connectivity index (χ3v) is 19.1. The Morgan fingerprint density at radius 1 is 0.473 bits per heavy atom. The average Bonchev–Trinajstić information content (AvgIpc) is 1.77. The molecule has 0 spiro atoms. The number of imidazole rings is 3. The standard InChI is InChI=1S/C23H22BrClN4O.C22H21BrClN5O2.C21H21BrClN5O2/c1-12-5-7-15(8-6-12)18-14(3)17(25)11-16(20(18)30-4)13(2)23-28-21(24)19-22(26)27-9-10-29(19)23;1-11(22-28-20(23)18-21(25)26-7-8-29(18)22)14-9-15(24)12(2)17(19(14)31-4)13-5-6-16(30-3)27-10-13;1-9(21-26-19(22)17-20(24)25-6-7-28(17)21)13-8-14(23)10(2)15(18(13)29-5)16-11(3)27-30-12(16)4/h5-11,13H,1-4H3,(H2,26,27);5-11H,1-4H3,(H2,25,26);6-9H,1-5H3,(H2,24,25). The molecule has 6 N–H and O–H groups in total. The van der Waals surface area contributed by atoms with E-state index in [0.717, 1.165) is 118 Å². The van der Waals surface area contributed by atoms with Gasteiger partial charge in [-0.05, 0) is 136 Å². The second-order valence-corrected chi connectivity index (χ2v) is 25.1. The zero-order valence-corrected chi connectivity index (χ0v) is 59.0. The number of nitrogens with zero attached hydrogens (tertiary/aromatic N) is 11. The molecule has 0 bridgehead atoms. The molecule has 0 radical (unpaired) electrons. The Hall–Kier alpha value is -7.99. The zero-order valence-electron chi connectivity index (χ0n) is 51.9. The minimum absolute atomic E-state index is 0.108. The fourth-order valence-electron chi connectivity index (χ4n) is 11.5. The monoisotopic (exact) mass is 1470 g/mol. The molecule has 0 aliphatic rings. The molecule has 3 unspecified atom stereocenters. The van der Waals surface area contributed by atoms with Crippen LogP contribution in [-0.2, 0) is 0 Å². The van der Waals surface area contributed by atoms with E-state index in [1.807, 2.05) is 96.7 Å². The normalized spacial score (nSPS) is 12.3. The van der Waals surface area contributed by atoms with Gasteiger partial charge in [0, 0.05) is 121 Å². The molecule has 12 rings (SSSR count). The van der Waals surface area contributed by atoms with Crippen molar-refractivity contribution in [2.45, 2.75) is 80.1 Å². The second-order valence-electron chi connectivity index (χ2n) is 21.6. The van der Waals surface area contributed by atoms with Crippen LogP contribution in [0.3, 0.4) is 0 Å². The van der Waals surface area contributed by atoms with Crippen LogP contribution in [0.4, 0.5) is 17.5 Å². The molecule has 19 nitrogen and oxygen atoms in total. The topological polar surface area (TPSA) is 244 Å². The number of fused-ring (bicyclic) bond motifs is 3. The van der Waals surface area contributed by atoms with Crippen LogP contribution in [0.25, 0.3) is 49.9 Å². The molecule has 8 aromatic heterocycles. The maximum atomic E-state index is 6.69. The van der Waals surface area contributed by atoms with Gasteiger partial charge >= 0.3 is 0 Å². The predicted octanol–water partition coefficient (Wildman–Crippen LogP) is 16.9. The smallest absolute Gasteiger partial charge is 0.212 e. The summed E-state index contributed by atoms with van der Waals surface area (Å²) < 4.78 is 36.1. The van der Waals surface area contributed by atoms with Crippen molar-refractivity contribution in [1.82, 2.24) is 53.2 Å². The molecule has 8 heterocycles. The van der Waals surface area contributed by atoms with Crippen molar-refractivity contribution < 1.29 is 23.5 Å². The Kier molecular flexibility index (Phi) is 19.6. The van der Waals surface area contributed by atoms with Gasteiger partial charge in [0.1, 0.15) is 70.8 Å². The maximum Gasteiger partial charge on any atom is 0.212 e. The lowest BCUT2D eigenvalue weighted by Gasteiger charge is -2.21. The summed E-state index contributed by atoms with van der Waals surface area (Å²) in [6, 6.07) is 18.0. The van der Waals surface area contributed by atoms with Gasteiger partial charge in [0.05, 0.1) is 39.7 Å². The van der Waals surface area contributed by atoms with Crippen LogP contribution in [-0.4, -0.2) is 81.7 Å². The number of hydrogen-bond donors (Lipinski definition) is 3. The molecule has 91 heavy (non-hydrogen) atoms. The summed E-state index contributed by atoms with van der Waals surface area (Å²) in [5, 5.41) is 6.06. The van der Waals surface area contributed by atoms with Crippen LogP contribution in [0.15, 0.2) is 116 Å². The van der Waals surface area contributed by atoms with Gasteiger partial charge < -0.3 is 40.7 Å². The van der Waals surface area contributed by atoms with Gasteiger partial charge in [0.2, 0.25) is 5.88 Å². The van der Waals surface area contributed by atoms with Crippen LogP contribution in [0, 0.1) is 41.5 Å². The molecule has 3 atom stereocenters. The van der Waals surface area contributed by atoms with E-state index < -0.39 is 0 Å². The van der Waals surface area contributed by atoms with Crippen LogP contribution < -0.4 is 36.1 Å². The Balaban J connectivity index is 0.000000150. The first-order valence-corrected chi connectivity index (χ1v) is 31.9. The highest BCUT2D eigenvalue weighted by Gasteiger charge is 2.31. The van der Waals surface area contributed by atoms with E-state index >= 15 is 0 Å². The number of pyridine rings is 1. The van der Waals surface area contributed by atoms with E-state index in [9.17, 15) is 0 Å². The van der Waals surface area contributed by atoms with Crippen LogP contribution in [0.5, 0.6) is 23.1 Å². The summed E-state index contributed by atoms with van der Waals surface area (Å²) in [4.78, 5) is 31.0. The molecule has 470 valence electrons. The molecule has 12 aromatic rings. The summed E-state index contributed by atoms with van der Waals surface area (Å²) in [5.41, 5.74) is 33.5. The summed E-state index contributed by atoms with van der Waals surface area (Å²) in [6.45, 7) is 18.0. The number of aryl methyl sites for hydroxylation is 3. The van der Waals surface area contributed by atoms with Crippen LogP contribution >= 0.6 is 82.6 Å². The van der Waals surface area contributed by atoms with E-state index in [1.54, 1.807) is 53.2 Å². The van der Waals surface area contributed by atoms with Gasteiger partial charge in [0.25, 0.3) is 0 Å². The highest BCUT2D eigenvalue weighted by Crippen LogP contribution is 2.49. The van der Waals surface area contributed by atoms with Crippen molar-refractivity contribution in [3.63, 3.8) is 0 Å². The van der Waals surface area contributed by atoms with Gasteiger partial charge in [-0.1, -0.05) is 90.6 Å². The fourth-order valence-corrected chi connectivity index (χ4v) is 13.9. The van der Waals surface area contributed by atoms with Gasteiger partial charge in [-0.2, -0.15) is 0 Å². The number of methoxy groups -OCH3 is 4. The second kappa shape index (κ2) is 27.1. The number of anilines is 3. The molecular weight excluding hydrogens is 1410 g/mol. The van der Waals surface area contributed by atoms with E-state index in [-0.39, 0.29) is 17.8 Å². The number of nitrogen functional groups attached to an aromatic ring is 3. The van der Waals surface area contributed by atoms with Crippen molar-refractivity contribution >= 4 is 117 Å². The summed E-state index contributed by atoms with van der Waals surface area (Å²) >= 11 is 30.6. The van der Waals surface area contributed by atoms with E-state index in [4.69, 9.17) is 90.4 Å². The number of hydrogen-bond acceptors (Lipinski definition) is 16. The van der Waals surface area contributed by atoms with Gasteiger partial charge in [-0.15, -0.1) is 0 Å². The molecule has 0 saturated carbocycles. The molecule has 0 aliphatic carbocycles. The van der Waals surface area contributed by atoms with Crippen molar-refractivity contribution in [2.75, 3.05) is 45.6 Å². The third-order valence-electron chi connectivity index (χ3n) is 16.2. The first-order valence-electron chi connectivity index (χ1n) is 28.4. The van der Waals surface area contributed by atoms with Crippen molar-refractivity contribution in [3.8, 4) is 56.5 Å². The molecule has 0 fully saturated rings. The minimum atomic E-state index is -0.155. The summed E-state index contributed by atoms with van der Waals surface area (Å²) in [5.74, 6) is 6.68. The summed E-state index contributed by atoms with van der Waals surface area (Å²) in [7, 11) is 6.59. The Labute approximate surface area is 566 Å². The molecule has 0 saturated heterocycles. The highest BCUT2D eigenvalue weighted by atomic mass is 79.9. The molecule has 4 aromatic carbocycles. The van der Waals surface area contributed by atoms with Crippen molar-refractivity contribution in [3.05, 3.63) is 195 Å². The Morgan fingerprint density at radius 3 is 1.18 bits per heavy atom. The fraction of sp³-hybridized carbons (Fsp3) is 0.242. The minimum Gasteiger partial charge on any atom is -0.496 e. The molecule has 0 aliphatic heterocycles. The van der Waals surface area contributed by atoms with Crippen LogP contribution in [0.2, 0.25) is 15.1 Å². The van der Waals surface area contributed by atoms with Gasteiger partial charge in [-0.25, -0.2) is 34.9 Å². The number of benzene rings is 4. The predicted molar refractivity (Wildman–Crippen MR) is 371 cm³/mol. The zero-order chi connectivity index (χ0) is 65.6.